The first-order chi connectivity index (χ1) is 15.0. The molecule has 0 saturated heterocycles. The summed E-state index contributed by atoms with van der Waals surface area (Å²) in [6.07, 6.45) is 5.24. The number of carbonyl (C=O) groups is 2. The zero-order valence-corrected chi connectivity index (χ0v) is 19.0. The Bertz CT molecular complexity index is 1280. The van der Waals surface area contributed by atoms with Gasteiger partial charge in [0.05, 0.1) is 27.1 Å². The minimum Gasteiger partial charge on any atom is -0.358 e. The number of ketones is 2. The van der Waals surface area contributed by atoms with Gasteiger partial charge in [-0.25, -0.2) is 22.8 Å². The molecule has 0 unspecified atom stereocenters. The van der Waals surface area contributed by atoms with Gasteiger partial charge in [-0.1, -0.05) is 23.2 Å². The predicted octanol–water partition coefficient (Wildman–Crippen LogP) is 3.36. The highest BCUT2D eigenvalue weighted by atomic mass is 35.5. The van der Waals surface area contributed by atoms with Gasteiger partial charge in [0, 0.05) is 43.4 Å². The molecule has 0 amide bonds. The molecule has 12 heteroatoms. The highest BCUT2D eigenvalue weighted by Crippen LogP contribution is 2.28. The second kappa shape index (κ2) is 9.76. The number of aromatic nitrogens is 3. The number of H-pyrrole nitrogens is 1. The number of nitrogens with one attached hydrogen (secondary N) is 2. The fourth-order valence-electron chi connectivity index (χ4n) is 2.73. The van der Waals surface area contributed by atoms with Crippen molar-refractivity contribution in [1.82, 2.24) is 15.0 Å². The van der Waals surface area contributed by atoms with E-state index in [1.165, 1.54) is 36.8 Å². The fourth-order valence-corrected chi connectivity index (χ4v) is 3.59. The molecule has 0 spiro atoms. The molecule has 0 saturated carbocycles. The van der Waals surface area contributed by atoms with Crippen molar-refractivity contribution in [3.8, 4) is 0 Å². The van der Waals surface area contributed by atoms with Crippen molar-refractivity contribution >= 4 is 50.6 Å². The minimum absolute atomic E-state index is 0.0515. The Kier molecular flexibility index (Phi) is 7.27. The molecule has 0 bridgehead atoms. The number of anilines is 1. The van der Waals surface area contributed by atoms with E-state index >= 15 is 0 Å². The third-order valence-electron chi connectivity index (χ3n) is 4.34. The molecular weight excluding hydrogens is 482 g/mol. The Labute approximate surface area is 193 Å². The number of benzene rings is 1. The summed E-state index contributed by atoms with van der Waals surface area (Å²) < 4.78 is 36.5. The van der Waals surface area contributed by atoms with E-state index in [0.29, 0.717) is 5.56 Å². The van der Waals surface area contributed by atoms with Crippen LogP contribution >= 0.6 is 23.2 Å². The first-order valence-electron chi connectivity index (χ1n) is 9.17. The fraction of sp³-hybridized carbons (Fsp3) is 0.200. The maximum Gasteiger partial charge on any atom is 0.222 e. The average molecular weight is 499 g/mol. The van der Waals surface area contributed by atoms with Crippen molar-refractivity contribution < 1.29 is 22.4 Å². The summed E-state index contributed by atoms with van der Waals surface area (Å²) in [6.45, 7) is 0.160. The van der Waals surface area contributed by atoms with Crippen molar-refractivity contribution in [2.75, 3.05) is 23.9 Å². The number of nitrogens with zero attached hydrogens (tertiary/aromatic N) is 2. The van der Waals surface area contributed by atoms with Crippen LogP contribution in [0.5, 0.6) is 0 Å². The van der Waals surface area contributed by atoms with Crippen LogP contribution in [0.4, 0.5) is 10.3 Å². The number of halogens is 3. The highest BCUT2D eigenvalue weighted by molar-refractivity contribution is 7.90. The van der Waals surface area contributed by atoms with E-state index in [4.69, 9.17) is 23.2 Å². The Balaban J connectivity index is 1.66. The van der Waals surface area contributed by atoms with Crippen LogP contribution < -0.4 is 5.32 Å². The predicted molar refractivity (Wildman–Crippen MR) is 119 cm³/mol. The number of hydrogen-bond acceptors (Lipinski definition) is 7. The second-order valence-electron chi connectivity index (χ2n) is 6.92. The lowest BCUT2D eigenvalue weighted by molar-refractivity contribution is 0.0988. The summed E-state index contributed by atoms with van der Waals surface area (Å²) >= 11 is 11.7. The molecule has 0 atom stereocenters. The van der Waals surface area contributed by atoms with E-state index in [1.54, 1.807) is 0 Å². The molecular formula is C20H17Cl2FN4O4S. The van der Waals surface area contributed by atoms with Crippen LogP contribution in [0.15, 0.2) is 36.8 Å². The van der Waals surface area contributed by atoms with Gasteiger partial charge in [0.25, 0.3) is 0 Å². The molecule has 32 heavy (non-hydrogen) atoms. The molecule has 0 aliphatic carbocycles. The molecule has 2 heterocycles. The van der Waals surface area contributed by atoms with Crippen LogP contribution in [0.25, 0.3) is 0 Å². The lowest BCUT2D eigenvalue weighted by Crippen LogP contribution is -2.15. The van der Waals surface area contributed by atoms with Crippen molar-refractivity contribution in [3.05, 3.63) is 75.0 Å². The number of rotatable bonds is 9. The maximum atomic E-state index is 14.3. The molecule has 0 aliphatic rings. The first-order valence-corrected chi connectivity index (χ1v) is 12.0. The summed E-state index contributed by atoms with van der Waals surface area (Å²) in [5.74, 6) is -1.81. The number of hydrogen-bond donors (Lipinski definition) is 2. The summed E-state index contributed by atoms with van der Waals surface area (Å²) in [5.41, 5.74) is 0.333. The Morgan fingerprint density at radius 2 is 1.81 bits per heavy atom. The van der Waals surface area contributed by atoms with Gasteiger partial charge in [-0.05, 0) is 23.8 Å². The van der Waals surface area contributed by atoms with E-state index in [1.807, 2.05) is 0 Å². The van der Waals surface area contributed by atoms with Gasteiger partial charge in [0.15, 0.2) is 17.4 Å². The second-order valence-corrected chi connectivity index (χ2v) is 10.00. The quantitative estimate of drug-likeness (QED) is 0.342. The van der Waals surface area contributed by atoms with E-state index in [0.717, 1.165) is 6.26 Å². The minimum atomic E-state index is -3.10. The number of sulfone groups is 1. The smallest absolute Gasteiger partial charge is 0.222 e. The summed E-state index contributed by atoms with van der Waals surface area (Å²) in [4.78, 5) is 36.0. The van der Waals surface area contributed by atoms with E-state index in [-0.39, 0.29) is 57.3 Å². The maximum absolute atomic E-state index is 14.3. The third-order valence-corrected chi connectivity index (χ3v) is 5.90. The molecule has 0 radical (unpaired) electrons. The van der Waals surface area contributed by atoms with Gasteiger partial charge in [-0.2, -0.15) is 0 Å². The Morgan fingerprint density at radius 1 is 1.16 bits per heavy atom. The zero-order chi connectivity index (χ0) is 23.5. The summed E-state index contributed by atoms with van der Waals surface area (Å²) in [5, 5.41) is 2.45. The Hall–Kier alpha value is -2.82. The van der Waals surface area contributed by atoms with Gasteiger partial charge in [0.2, 0.25) is 5.95 Å². The van der Waals surface area contributed by atoms with Crippen LogP contribution in [0.2, 0.25) is 10.0 Å². The van der Waals surface area contributed by atoms with E-state index in [2.05, 4.69) is 20.3 Å². The highest BCUT2D eigenvalue weighted by Gasteiger charge is 2.22. The van der Waals surface area contributed by atoms with Crippen molar-refractivity contribution in [2.45, 2.75) is 6.42 Å². The molecule has 3 rings (SSSR count). The van der Waals surface area contributed by atoms with Gasteiger partial charge >= 0.3 is 0 Å². The SMILES string of the molecule is CS(=O)(=O)CCNc1ncc(CC(=O)c2cc(C(=O)c3c(Cl)ccc(Cl)c3F)c[nH]2)cn1. The largest absolute Gasteiger partial charge is 0.358 e. The summed E-state index contributed by atoms with van der Waals surface area (Å²) in [7, 11) is -3.10. The van der Waals surface area contributed by atoms with Crippen LogP contribution in [0.3, 0.4) is 0 Å². The van der Waals surface area contributed by atoms with Crippen LogP contribution in [0.1, 0.15) is 32.0 Å². The van der Waals surface area contributed by atoms with Gasteiger partial charge in [0.1, 0.15) is 9.84 Å². The van der Waals surface area contributed by atoms with Crippen LogP contribution in [0, 0.1) is 5.82 Å². The number of carbonyl (C=O) groups excluding carboxylic acids is 2. The average Bonchev–Trinajstić information content (AvgIpc) is 3.22. The Morgan fingerprint density at radius 3 is 2.47 bits per heavy atom. The topological polar surface area (TPSA) is 122 Å². The first kappa shape index (κ1) is 23.8. The molecule has 168 valence electrons. The van der Waals surface area contributed by atoms with Crippen molar-refractivity contribution in [1.29, 1.82) is 0 Å². The van der Waals surface area contributed by atoms with Gasteiger partial charge in [-0.3, -0.25) is 9.59 Å². The molecule has 0 fully saturated rings. The molecule has 8 nitrogen and oxygen atoms in total. The monoisotopic (exact) mass is 498 g/mol. The number of aromatic amines is 1. The molecule has 1 aromatic carbocycles. The normalized spacial score (nSPS) is 11.4. The molecule has 0 aliphatic heterocycles. The zero-order valence-electron chi connectivity index (χ0n) is 16.7. The van der Waals surface area contributed by atoms with E-state index < -0.39 is 21.4 Å². The lowest BCUT2D eigenvalue weighted by Gasteiger charge is -2.05. The van der Waals surface area contributed by atoms with E-state index in [9.17, 15) is 22.4 Å². The third kappa shape index (κ3) is 5.90. The van der Waals surface area contributed by atoms with Crippen molar-refractivity contribution in [2.24, 2.45) is 0 Å². The molecule has 3 aromatic rings. The van der Waals surface area contributed by atoms with Crippen molar-refractivity contribution in [3.63, 3.8) is 0 Å². The lowest BCUT2D eigenvalue weighted by atomic mass is 10.0. The van der Waals surface area contributed by atoms with Crippen LogP contribution in [-0.4, -0.2) is 53.5 Å². The summed E-state index contributed by atoms with van der Waals surface area (Å²) in [6, 6.07) is 3.87. The van der Waals surface area contributed by atoms with Gasteiger partial charge < -0.3 is 10.3 Å². The van der Waals surface area contributed by atoms with Crippen LogP contribution in [-0.2, 0) is 16.3 Å². The standard InChI is InChI=1S/C20H17Cl2FN4O4S/c1-32(30,31)5-4-24-20-26-8-11(9-27-20)6-16(28)15-7-12(10-25-15)19(29)17-13(21)2-3-14(22)18(17)23/h2-3,7-10,25H,4-6H2,1H3,(H,24,26,27). The molecule has 2 aromatic heterocycles. The number of Topliss-reactive ketones (excluding diaryl/α,β-unsaturated/α-hetero) is 1. The molecule has 2 N–H and O–H groups in total. The van der Waals surface area contributed by atoms with Gasteiger partial charge in [-0.15, -0.1) is 0 Å².